The summed E-state index contributed by atoms with van der Waals surface area (Å²) in [6, 6.07) is 16.6. The van der Waals surface area contributed by atoms with E-state index < -0.39 is 0 Å². The summed E-state index contributed by atoms with van der Waals surface area (Å²) in [6.45, 7) is 0. The first-order chi connectivity index (χ1) is 7.81. The van der Waals surface area contributed by atoms with Crippen LogP contribution in [-0.4, -0.2) is 0 Å². The second-order valence-corrected chi connectivity index (χ2v) is 3.84. The van der Waals surface area contributed by atoms with Crippen molar-refractivity contribution in [1.29, 1.82) is 0 Å². The monoisotopic (exact) mass is 232 g/mol. The quantitative estimate of drug-likeness (QED) is 0.704. The van der Waals surface area contributed by atoms with Crippen molar-refractivity contribution in [3.63, 3.8) is 0 Å². The van der Waals surface area contributed by atoms with Crippen LogP contribution in [0.4, 0.5) is 4.39 Å². The predicted octanol–water partition coefficient (Wildman–Crippen LogP) is 4.70. The van der Waals surface area contributed by atoms with Gasteiger partial charge < -0.3 is 0 Å². The predicted molar refractivity (Wildman–Crippen MR) is 66.1 cm³/mol. The van der Waals surface area contributed by atoms with E-state index in [-0.39, 0.29) is 0 Å². The van der Waals surface area contributed by atoms with Crippen LogP contribution in [0.3, 0.4) is 0 Å². The maximum atomic E-state index is 13.0. The van der Waals surface area contributed by atoms with E-state index in [4.69, 9.17) is 11.6 Å². The van der Waals surface area contributed by atoms with Gasteiger partial charge in [-0.25, -0.2) is 4.39 Å². The number of rotatable bonds is 2. The first kappa shape index (κ1) is 10.9. The maximum Gasteiger partial charge on any atom is 0.0951 e. The van der Waals surface area contributed by atoms with Crippen molar-refractivity contribution in [3.05, 3.63) is 77.1 Å². The molecule has 0 fully saturated rings. The summed E-state index contributed by atoms with van der Waals surface area (Å²) in [5.41, 5.74) is 2.16. The third-order valence-corrected chi connectivity index (χ3v) is 2.56. The molecule has 0 saturated heterocycles. The van der Waals surface area contributed by atoms with E-state index in [1.165, 1.54) is 0 Å². The Kier molecular flexibility index (Phi) is 3.37. The molecule has 0 nitrogen and oxygen atoms in total. The van der Waals surface area contributed by atoms with Crippen molar-refractivity contribution < 1.29 is 4.39 Å². The highest BCUT2D eigenvalue weighted by atomic mass is 35.5. The van der Waals surface area contributed by atoms with Crippen molar-refractivity contribution in [2.45, 2.75) is 0 Å². The summed E-state index contributed by atoms with van der Waals surface area (Å²) in [6.07, 6.45) is 0.612. The van der Waals surface area contributed by atoms with E-state index in [1.807, 2.05) is 42.5 Å². The molecular formula is C14H10ClF. The van der Waals surface area contributed by atoms with Crippen molar-refractivity contribution in [3.8, 4) is 0 Å². The molecule has 0 spiro atoms. The fourth-order valence-corrected chi connectivity index (χ4v) is 1.76. The van der Waals surface area contributed by atoms with Gasteiger partial charge in [0.2, 0.25) is 0 Å². The Morgan fingerprint density at radius 2 is 1.62 bits per heavy atom. The van der Waals surface area contributed by atoms with Gasteiger partial charge in [-0.2, -0.15) is 0 Å². The lowest BCUT2D eigenvalue weighted by Gasteiger charge is -2.06. The zero-order valence-corrected chi connectivity index (χ0v) is 9.29. The minimum Gasteiger partial charge on any atom is -0.215 e. The van der Waals surface area contributed by atoms with Gasteiger partial charge in [0.25, 0.3) is 0 Å². The highest BCUT2D eigenvalue weighted by molar-refractivity contribution is 6.30. The minimum atomic E-state index is 0.545. The summed E-state index contributed by atoms with van der Waals surface area (Å²) in [7, 11) is 0. The molecule has 80 valence electrons. The molecule has 0 heterocycles. The largest absolute Gasteiger partial charge is 0.215 e. The van der Waals surface area contributed by atoms with Crippen molar-refractivity contribution in [1.82, 2.24) is 0 Å². The average molecular weight is 233 g/mol. The fourth-order valence-electron chi connectivity index (χ4n) is 1.57. The van der Waals surface area contributed by atoms with E-state index in [2.05, 4.69) is 0 Å². The Morgan fingerprint density at radius 1 is 0.938 bits per heavy atom. The lowest BCUT2D eigenvalue weighted by atomic mass is 10.00. The van der Waals surface area contributed by atoms with E-state index in [9.17, 15) is 4.39 Å². The van der Waals surface area contributed by atoms with Gasteiger partial charge in [-0.3, -0.25) is 0 Å². The van der Waals surface area contributed by atoms with Crippen molar-refractivity contribution in [2.75, 3.05) is 0 Å². The maximum absolute atomic E-state index is 13.0. The second-order valence-electron chi connectivity index (χ2n) is 3.40. The Balaban J connectivity index is 2.46. The zero-order chi connectivity index (χ0) is 11.4. The molecule has 0 bridgehead atoms. The Morgan fingerprint density at radius 3 is 2.25 bits per heavy atom. The van der Waals surface area contributed by atoms with Crippen LogP contribution >= 0.6 is 11.6 Å². The number of halogens is 2. The third-order valence-electron chi connectivity index (χ3n) is 2.33. The zero-order valence-electron chi connectivity index (χ0n) is 8.53. The Hall–Kier alpha value is -1.60. The van der Waals surface area contributed by atoms with Gasteiger partial charge >= 0.3 is 0 Å². The van der Waals surface area contributed by atoms with Crippen LogP contribution in [0, 0.1) is 0 Å². The Labute approximate surface area is 99.0 Å². The van der Waals surface area contributed by atoms with Crippen LogP contribution in [0.15, 0.2) is 60.9 Å². The fraction of sp³-hybridized carbons (Fsp3) is 0. The molecule has 0 aromatic heterocycles. The lowest BCUT2D eigenvalue weighted by Crippen LogP contribution is -1.86. The molecule has 0 unspecified atom stereocenters. The highest BCUT2D eigenvalue weighted by Crippen LogP contribution is 2.25. The van der Waals surface area contributed by atoms with Crippen LogP contribution in [0.2, 0.25) is 5.02 Å². The van der Waals surface area contributed by atoms with E-state index in [0.717, 1.165) is 11.1 Å². The average Bonchev–Trinajstić information content (AvgIpc) is 2.31. The van der Waals surface area contributed by atoms with E-state index >= 15 is 0 Å². The molecule has 0 aliphatic carbocycles. The van der Waals surface area contributed by atoms with Gasteiger partial charge in [0.05, 0.1) is 6.33 Å². The molecule has 0 aliphatic rings. The molecule has 0 N–H and O–H groups in total. The molecule has 2 rings (SSSR count). The van der Waals surface area contributed by atoms with E-state index in [1.54, 1.807) is 12.1 Å². The minimum absolute atomic E-state index is 0.545. The molecule has 2 aromatic carbocycles. The summed E-state index contributed by atoms with van der Waals surface area (Å²) >= 11 is 5.88. The molecule has 2 heteroatoms. The van der Waals surface area contributed by atoms with Gasteiger partial charge in [-0.15, -0.1) is 0 Å². The molecule has 0 amide bonds. The summed E-state index contributed by atoms with van der Waals surface area (Å²) in [4.78, 5) is 0. The van der Waals surface area contributed by atoms with Gasteiger partial charge in [0.1, 0.15) is 0 Å². The van der Waals surface area contributed by atoms with Gasteiger partial charge in [0.15, 0.2) is 0 Å². The standard InChI is InChI=1S/C14H10ClF/c15-13-8-4-7-12(9-13)14(10-16)11-5-2-1-3-6-11/h1-10H/b14-10-. The first-order valence-corrected chi connectivity index (χ1v) is 5.31. The molecular weight excluding hydrogens is 223 g/mol. The molecule has 0 saturated carbocycles. The van der Waals surface area contributed by atoms with Crippen LogP contribution < -0.4 is 0 Å². The SMILES string of the molecule is F/C=C(/c1ccccc1)c1cccc(Cl)c1. The van der Waals surface area contributed by atoms with Gasteiger partial charge in [0, 0.05) is 10.6 Å². The van der Waals surface area contributed by atoms with Crippen LogP contribution in [0.5, 0.6) is 0 Å². The number of benzene rings is 2. The normalized spacial score (nSPS) is 11.5. The summed E-state index contributed by atoms with van der Waals surface area (Å²) in [5, 5.41) is 0.604. The lowest BCUT2D eigenvalue weighted by molar-refractivity contribution is 0.724. The third kappa shape index (κ3) is 2.31. The molecule has 16 heavy (non-hydrogen) atoms. The topological polar surface area (TPSA) is 0 Å². The van der Waals surface area contributed by atoms with Crippen LogP contribution in [0.1, 0.15) is 11.1 Å². The highest BCUT2D eigenvalue weighted by Gasteiger charge is 2.04. The molecule has 0 radical (unpaired) electrons. The molecule has 2 aromatic rings. The molecule has 0 aliphatic heterocycles. The first-order valence-electron chi connectivity index (χ1n) is 4.93. The van der Waals surface area contributed by atoms with Crippen LogP contribution in [-0.2, 0) is 0 Å². The van der Waals surface area contributed by atoms with Crippen molar-refractivity contribution >= 4 is 17.2 Å². The number of hydrogen-bond donors (Lipinski definition) is 0. The number of hydrogen-bond acceptors (Lipinski definition) is 0. The Bertz CT molecular complexity index is 503. The van der Waals surface area contributed by atoms with Gasteiger partial charge in [-0.1, -0.05) is 54.1 Å². The molecule has 0 atom stereocenters. The van der Waals surface area contributed by atoms with Crippen LogP contribution in [0.25, 0.3) is 5.57 Å². The van der Waals surface area contributed by atoms with Crippen molar-refractivity contribution in [2.24, 2.45) is 0 Å². The van der Waals surface area contributed by atoms with E-state index in [0.29, 0.717) is 16.9 Å². The smallest absolute Gasteiger partial charge is 0.0951 e. The summed E-state index contributed by atoms with van der Waals surface area (Å²) < 4.78 is 13.0. The second kappa shape index (κ2) is 4.95. The summed E-state index contributed by atoms with van der Waals surface area (Å²) in [5.74, 6) is 0. The van der Waals surface area contributed by atoms with Gasteiger partial charge in [-0.05, 0) is 23.3 Å².